The smallest absolute Gasteiger partial charge is 0.306 e. The van der Waals surface area contributed by atoms with E-state index in [1.54, 1.807) is 4.90 Å². The first-order chi connectivity index (χ1) is 16.6. The predicted molar refractivity (Wildman–Crippen MR) is 128 cm³/mol. The van der Waals surface area contributed by atoms with Gasteiger partial charge in [0.25, 0.3) is 5.91 Å². The number of hydrogen-bond acceptors (Lipinski definition) is 6. The van der Waals surface area contributed by atoms with Crippen molar-refractivity contribution in [2.75, 3.05) is 39.3 Å². The number of hydrogen-bond donors (Lipinski definition) is 0. The summed E-state index contributed by atoms with van der Waals surface area (Å²) in [6.45, 7) is 3.87. The number of carbonyl (C=O) groups excluding carboxylic acids is 3. The minimum Gasteiger partial charge on any atom is -0.456 e. The molecule has 0 bridgehead atoms. The Kier molecular flexibility index (Phi) is 8.04. The number of ether oxygens (including phenoxy) is 1. The highest BCUT2D eigenvalue weighted by Crippen LogP contribution is 2.15. The SMILES string of the molecule is O=C(CCC(=O)N1CCC(c2ccccc2)=N1)OCC(=O)N1CCN(Cc2ccccc2)CC1. The van der Waals surface area contributed by atoms with Gasteiger partial charge in [0.1, 0.15) is 0 Å². The van der Waals surface area contributed by atoms with Gasteiger partial charge in [0.15, 0.2) is 6.61 Å². The van der Waals surface area contributed by atoms with Crippen LogP contribution in [0, 0.1) is 0 Å². The quantitative estimate of drug-likeness (QED) is 0.562. The third-order valence-corrected chi connectivity index (χ3v) is 6.07. The molecule has 0 saturated carbocycles. The topological polar surface area (TPSA) is 82.5 Å². The summed E-state index contributed by atoms with van der Waals surface area (Å²) < 4.78 is 5.13. The Hall–Kier alpha value is -3.52. The largest absolute Gasteiger partial charge is 0.456 e. The number of piperazine rings is 1. The molecule has 1 fully saturated rings. The van der Waals surface area contributed by atoms with Crippen LogP contribution in [0.3, 0.4) is 0 Å². The Morgan fingerprint density at radius 2 is 1.47 bits per heavy atom. The molecule has 2 aliphatic heterocycles. The Labute approximate surface area is 199 Å². The van der Waals surface area contributed by atoms with Gasteiger partial charge in [0.05, 0.1) is 18.7 Å². The molecule has 0 spiro atoms. The Bertz CT molecular complexity index is 1020. The van der Waals surface area contributed by atoms with E-state index in [1.165, 1.54) is 10.6 Å². The lowest BCUT2D eigenvalue weighted by atomic mass is 10.1. The first-order valence-corrected chi connectivity index (χ1v) is 11.7. The van der Waals surface area contributed by atoms with E-state index in [-0.39, 0.29) is 31.3 Å². The molecule has 2 aliphatic rings. The van der Waals surface area contributed by atoms with Crippen LogP contribution in [0.2, 0.25) is 0 Å². The highest BCUT2D eigenvalue weighted by Gasteiger charge is 2.24. The third-order valence-electron chi connectivity index (χ3n) is 6.07. The van der Waals surface area contributed by atoms with Gasteiger partial charge in [-0.05, 0) is 11.1 Å². The number of hydrazone groups is 1. The molecular weight excluding hydrogens is 432 g/mol. The van der Waals surface area contributed by atoms with E-state index in [0.717, 1.165) is 30.9 Å². The fourth-order valence-electron chi connectivity index (χ4n) is 4.11. The van der Waals surface area contributed by atoms with Gasteiger partial charge in [-0.1, -0.05) is 60.7 Å². The first-order valence-electron chi connectivity index (χ1n) is 11.7. The Balaban J connectivity index is 1.13. The molecule has 34 heavy (non-hydrogen) atoms. The van der Waals surface area contributed by atoms with Gasteiger partial charge in [0, 0.05) is 45.6 Å². The van der Waals surface area contributed by atoms with Crippen molar-refractivity contribution in [3.8, 4) is 0 Å². The van der Waals surface area contributed by atoms with E-state index in [9.17, 15) is 14.4 Å². The second-order valence-corrected chi connectivity index (χ2v) is 8.48. The lowest BCUT2D eigenvalue weighted by Gasteiger charge is -2.34. The number of carbonyl (C=O) groups is 3. The molecule has 0 N–H and O–H groups in total. The zero-order valence-electron chi connectivity index (χ0n) is 19.3. The summed E-state index contributed by atoms with van der Waals surface area (Å²) in [5.41, 5.74) is 3.12. The van der Waals surface area contributed by atoms with E-state index in [2.05, 4.69) is 22.1 Å². The average Bonchev–Trinajstić information content (AvgIpc) is 3.38. The van der Waals surface area contributed by atoms with Crippen molar-refractivity contribution in [1.82, 2.24) is 14.8 Å². The van der Waals surface area contributed by atoms with Gasteiger partial charge in [-0.2, -0.15) is 5.10 Å². The molecule has 0 radical (unpaired) electrons. The second-order valence-electron chi connectivity index (χ2n) is 8.48. The summed E-state index contributed by atoms with van der Waals surface area (Å²) in [6, 6.07) is 20.0. The molecule has 2 heterocycles. The number of amides is 2. The predicted octanol–water partition coefficient (Wildman–Crippen LogP) is 2.29. The van der Waals surface area contributed by atoms with Crippen LogP contribution in [0.15, 0.2) is 65.8 Å². The van der Waals surface area contributed by atoms with Crippen LogP contribution < -0.4 is 0 Å². The maximum atomic E-state index is 12.4. The molecular formula is C26H30N4O4. The van der Waals surface area contributed by atoms with Crippen LogP contribution in [-0.4, -0.2) is 77.6 Å². The van der Waals surface area contributed by atoms with E-state index >= 15 is 0 Å². The van der Waals surface area contributed by atoms with Crippen LogP contribution in [0.25, 0.3) is 0 Å². The molecule has 1 saturated heterocycles. The molecule has 4 rings (SSSR count). The molecule has 2 aromatic rings. The summed E-state index contributed by atoms with van der Waals surface area (Å²) in [5, 5.41) is 5.80. The number of esters is 1. The van der Waals surface area contributed by atoms with Gasteiger partial charge in [0.2, 0.25) is 5.91 Å². The number of rotatable bonds is 8. The summed E-state index contributed by atoms with van der Waals surface area (Å²) in [4.78, 5) is 40.9. The van der Waals surface area contributed by atoms with Crippen molar-refractivity contribution < 1.29 is 19.1 Å². The van der Waals surface area contributed by atoms with Crippen molar-refractivity contribution in [2.24, 2.45) is 5.10 Å². The summed E-state index contributed by atoms with van der Waals surface area (Å²) >= 11 is 0. The van der Waals surface area contributed by atoms with Crippen molar-refractivity contribution in [3.05, 3.63) is 71.8 Å². The number of nitrogens with zero attached hydrogens (tertiary/aromatic N) is 4. The molecule has 2 aromatic carbocycles. The van der Waals surface area contributed by atoms with Crippen LogP contribution >= 0.6 is 0 Å². The monoisotopic (exact) mass is 462 g/mol. The molecule has 0 aliphatic carbocycles. The van der Waals surface area contributed by atoms with Crippen LogP contribution in [0.1, 0.15) is 30.4 Å². The second kappa shape index (κ2) is 11.6. The van der Waals surface area contributed by atoms with Crippen molar-refractivity contribution in [2.45, 2.75) is 25.8 Å². The molecule has 0 atom stereocenters. The molecule has 8 heteroatoms. The maximum absolute atomic E-state index is 12.4. The fourth-order valence-corrected chi connectivity index (χ4v) is 4.11. The molecule has 0 unspecified atom stereocenters. The van der Waals surface area contributed by atoms with Gasteiger partial charge in [-0.25, -0.2) is 5.01 Å². The number of benzene rings is 2. The van der Waals surface area contributed by atoms with Crippen molar-refractivity contribution in [1.29, 1.82) is 0 Å². The standard InChI is InChI=1S/C26H30N4O4/c31-24(30-14-13-23(27-30)22-9-5-2-6-10-22)11-12-26(33)34-20-25(32)29-17-15-28(16-18-29)19-21-7-3-1-4-8-21/h1-10H,11-20H2. The van der Waals surface area contributed by atoms with Crippen LogP contribution in [-0.2, 0) is 25.7 Å². The van der Waals surface area contributed by atoms with E-state index in [0.29, 0.717) is 26.1 Å². The first kappa shape index (κ1) is 23.6. The summed E-state index contributed by atoms with van der Waals surface area (Å²) in [5.74, 6) is -0.963. The fraction of sp³-hybridized carbons (Fsp3) is 0.385. The average molecular weight is 463 g/mol. The minimum absolute atomic E-state index is 0.0107. The van der Waals surface area contributed by atoms with Crippen LogP contribution in [0.4, 0.5) is 0 Å². The van der Waals surface area contributed by atoms with Crippen molar-refractivity contribution >= 4 is 23.5 Å². The minimum atomic E-state index is -0.545. The highest BCUT2D eigenvalue weighted by atomic mass is 16.5. The third kappa shape index (κ3) is 6.51. The molecule has 2 amide bonds. The van der Waals surface area contributed by atoms with Gasteiger partial charge in [-0.15, -0.1) is 0 Å². The van der Waals surface area contributed by atoms with Crippen molar-refractivity contribution in [3.63, 3.8) is 0 Å². The molecule has 8 nitrogen and oxygen atoms in total. The Morgan fingerprint density at radius 1 is 0.794 bits per heavy atom. The van der Waals surface area contributed by atoms with E-state index in [4.69, 9.17) is 4.74 Å². The lowest BCUT2D eigenvalue weighted by Crippen LogP contribution is -2.49. The highest BCUT2D eigenvalue weighted by molar-refractivity contribution is 6.02. The molecule has 0 aromatic heterocycles. The summed E-state index contributed by atoms with van der Waals surface area (Å²) in [6.07, 6.45) is 0.633. The van der Waals surface area contributed by atoms with Gasteiger partial charge < -0.3 is 9.64 Å². The zero-order chi connectivity index (χ0) is 23.8. The maximum Gasteiger partial charge on any atom is 0.306 e. The van der Waals surface area contributed by atoms with Crippen LogP contribution in [0.5, 0.6) is 0 Å². The van der Waals surface area contributed by atoms with Gasteiger partial charge >= 0.3 is 5.97 Å². The summed E-state index contributed by atoms with van der Waals surface area (Å²) in [7, 11) is 0. The van der Waals surface area contributed by atoms with E-state index < -0.39 is 5.97 Å². The Morgan fingerprint density at radius 3 is 2.18 bits per heavy atom. The van der Waals surface area contributed by atoms with E-state index in [1.807, 2.05) is 48.5 Å². The van der Waals surface area contributed by atoms with Gasteiger partial charge in [-0.3, -0.25) is 19.3 Å². The zero-order valence-corrected chi connectivity index (χ0v) is 19.3. The molecule has 178 valence electrons. The normalized spacial score (nSPS) is 16.3. The lowest BCUT2D eigenvalue weighted by molar-refractivity contribution is -0.153.